The van der Waals surface area contributed by atoms with Gasteiger partial charge >= 0.3 is 0 Å². The van der Waals surface area contributed by atoms with Gasteiger partial charge < -0.3 is 4.43 Å². The van der Waals surface area contributed by atoms with Crippen molar-refractivity contribution in [1.82, 2.24) is 0 Å². The normalized spacial score (nSPS) is 16.2. The SMILES string of the molecule is C=CCC(CC)(CCC)O[SiH3]. The summed E-state index contributed by atoms with van der Waals surface area (Å²) in [5.41, 5.74) is 0.128. The minimum Gasteiger partial charge on any atom is -0.422 e. The highest BCUT2D eigenvalue weighted by Crippen LogP contribution is 2.25. The van der Waals surface area contributed by atoms with Crippen molar-refractivity contribution in [3.63, 3.8) is 0 Å². The molecule has 0 bridgehead atoms. The van der Waals surface area contributed by atoms with Crippen LogP contribution in [0.3, 0.4) is 0 Å². The fourth-order valence-electron chi connectivity index (χ4n) is 1.47. The van der Waals surface area contributed by atoms with E-state index in [1.165, 1.54) is 12.8 Å². The topological polar surface area (TPSA) is 9.23 Å². The van der Waals surface area contributed by atoms with E-state index in [-0.39, 0.29) is 5.60 Å². The molecule has 0 amide bonds. The molecular weight excluding hydrogens is 152 g/mol. The Morgan fingerprint density at radius 1 is 1.55 bits per heavy atom. The second-order valence-electron chi connectivity index (χ2n) is 2.98. The van der Waals surface area contributed by atoms with Gasteiger partial charge in [-0.05, 0) is 19.3 Å². The van der Waals surface area contributed by atoms with Crippen LogP contribution >= 0.6 is 0 Å². The Labute approximate surface area is 73.4 Å². The molecule has 0 saturated carbocycles. The van der Waals surface area contributed by atoms with E-state index in [9.17, 15) is 0 Å². The van der Waals surface area contributed by atoms with Crippen molar-refractivity contribution in [2.75, 3.05) is 0 Å². The van der Waals surface area contributed by atoms with Gasteiger partial charge in [-0.1, -0.05) is 26.3 Å². The van der Waals surface area contributed by atoms with Crippen LogP contribution in [0.5, 0.6) is 0 Å². The van der Waals surface area contributed by atoms with Gasteiger partial charge in [0.15, 0.2) is 0 Å². The molecule has 0 aromatic carbocycles. The summed E-state index contributed by atoms with van der Waals surface area (Å²) in [4.78, 5) is 0. The molecule has 0 aromatic heterocycles. The number of rotatable bonds is 6. The first-order valence-electron chi connectivity index (χ1n) is 4.40. The Hall–Kier alpha value is -0.0831. The summed E-state index contributed by atoms with van der Waals surface area (Å²) in [5, 5.41) is 0. The van der Waals surface area contributed by atoms with E-state index in [0.29, 0.717) is 0 Å². The third kappa shape index (κ3) is 3.21. The summed E-state index contributed by atoms with van der Waals surface area (Å²) < 4.78 is 5.64. The molecule has 11 heavy (non-hydrogen) atoms. The lowest BCUT2D eigenvalue weighted by Gasteiger charge is -2.30. The molecular formula is C9H20OSi. The third-order valence-corrected chi connectivity index (χ3v) is 3.17. The molecule has 1 unspecified atom stereocenters. The molecule has 0 fully saturated rings. The number of hydrogen-bond donors (Lipinski definition) is 0. The first-order chi connectivity index (χ1) is 5.24. The lowest BCUT2D eigenvalue weighted by molar-refractivity contribution is 0.0680. The average Bonchev–Trinajstić information content (AvgIpc) is 2.04. The van der Waals surface area contributed by atoms with Crippen molar-refractivity contribution in [2.24, 2.45) is 0 Å². The van der Waals surface area contributed by atoms with Crippen molar-refractivity contribution in [2.45, 2.75) is 45.1 Å². The lowest BCUT2D eigenvalue weighted by Crippen LogP contribution is -2.30. The van der Waals surface area contributed by atoms with Gasteiger partial charge in [0, 0.05) is 0 Å². The molecule has 0 aliphatic carbocycles. The molecule has 0 aromatic rings. The fourth-order valence-corrected chi connectivity index (χ4v) is 2.13. The van der Waals surface area contributed by atoms with Gasteiger partial charge in [0.1, 0.15) is 10.5 Å². The molecule has 2 heteroatoms. The van der Waals surface area contributed by atoms with Crippen LogP contribution in [-0.4, -0.2) is 16.1 Å². The van der Waals surface area contributed by atoms with Crippen molar-refractivity contribution < 1.29 is 4.43 Å². The highest BCUT2D eigenvalue weighted by Gasteiger charge is 2.23. The summed E-state index contributed by atoms with van der Waals surface area (Å²) in [7, 11) is 0.836. The van der Waals surface area contributed by atoms with Crippen LogP contribution in [0.2, 0.25) is 0 Å². The van der Waals surface area contributed by atoms with Crippen LogP contribution in [0.4, 0.5) is 0 Å². The van der Waals surface area contributed by atoms with E-state index in [4.69, 9.17) is 4.43 Å². The standard InChI is InChI=1S/C9H20OSi/c1-4-7-9(6-3,10-11)8-5-2/h4H,1,5-8H2,2-3,11H3. The zero-order valence-corrected chi connectivity index (χ0v) is 10.0. The second kappa shape index (κ2) is 5.55. The summed E-state index contributed by atoms with van der Waals surface area (Å²) >= 11 is 0. The van der Waals surface area contributed by atoms with E-state index >= 15 is 0 Å². The van der Waals surface area contributed by atoms with Crippen LogP contribution in [0, 0.1) is 0 Å². The Morgan fingerprint density at radius 3 is 2.45 bits per heavy atom. The molecule has 0 spiro atoms. The molecule has 0 aliphatic rings. The highest BCUT2D eigenvalue weighted by atomic mass is 28.2. The van der Waals surface area contributed by atoms with Gasteiger partial charge in [0.05, 0.1) is 5.60 Å². The van der Waals surface area contributed by atoms with Crippen LogP contribution in [0.1, 0.15) is 39.5 Å². The second-order valence-corrected chi connectivity index (χ2v) is 3.39. The van der Waals surface area contributed by atoms with Gasteiger partial charge in [0.2, 0.25) is 0 Å². The molecule has 0 heterocycles. The molecule has 1 nitrogen and oxygen atoms in total. The Balaban J connectivity index is 4.06. The molecule has 66 valence electrons. The van der Waals surface area contributed by atoms with Crippen LogP contribution in [0.25, 0.3) is 0 Å². The molecule has 0 rings (SSSR count). The van der Waals surface area contributed by atoms with Gasteiger partial charge in [0.25, 0.3) is 0 Å². The van der Waals surface area contributed by atoms with Crippen molar-refractivity contribution in [1.29, 1.82) is 0 Å². The summed E-state index contributed by atoms with van der Waals surface area (Å²) in [6.07, 6.45) is 6.44. The Kier molecular flexibility index (Phi) is 5.51. The maximum atomic E-state index is 5.64. The van der Waals surface area contributed by atoms with Gasteiger partial charge in [-0.2, -0.15) is 0 Å². The maximum Gasteiger partial charge on any atom is 0.146 e. The van der Waals surface area contributed by atoms with E-state index < -0.39 is 0 Å². The first-order valence-corrected chi connectivity index (χ1v) is 5.22. The van der Waals surface area contributed by atoms with Gasteiger partial charge in [-0.3, -0.25) is 0 Å². The molecule has 0 N–H and O–H groups in total. The van der Waals surface area contributed by atoms with E-state index in [1.54, 1.807) is 0 Å². The van der Waals surface area contributed by atoms with Gasteiger partial charge in [-0.25, -0.2) is 0 Å². The molecule has 0 saturated heterocycles. The first kappa shape index (κ1) is 10.9. The predicted molar refractivity (Wildman–Crippen MR) is 53.8 cm³/mol. The Morgan fingerprint density at radius 2 is 2.18 bits per heavy atom. The highest BCUT2D eigenvalue weighted by molar-refractivity contribution is 5.98. The zero-order valence-electron chi connectivity index (χ0n) is 8.02. The van der Waals surface area contributed by atoms with E-state index in [0.717, 1.165) is 23.3 Å². The summed E-state index contributed by atoms with van der Waals surface area (Å²) in [5.74, 6) is 0. The monoisotopic (exact) mass is 172 g/mol. The minimum atomic E-state index is 0.128. The number of hydrogen-bond acceptors (Lipinski definition) is 1. The zero-order chi connectivity index (χ0) is 8.74. The van der Waals surface area contributed by atoms with E-state index in [2.05, 4.69) is 20.4 Å². The molecule has 0 aliphatic heterocycles. The fraction of sp³-hybridized carbons (Fsp3) is 0.778. The molecule has 0 radical (unpaired) electrons. The van der Waals surface area contributed by atoms with Crippen molar-refractivity contribution in [3.8, 4) is 0 Å². The van der Waals surface area contributed by atoms with E-state index in [1.807, 2.05) is 6.08 Å². The summed E-state index contributed by atoms with van der Waals surface area (Å²) in [6, 6.07) is 0. The van der Waals surface area contributed by atoms with Crippen LogP contribution < -0.4 is 0 Å². The quantitative estimate of drug-likeness (QED) is 0.438. The van der Waals surface area contributed by atoms with Crippen LogP contribution in [0.15, 0.2) is 12.7 Å². The average molecular weight is 172 g/mol. The molecule has 1 atom stereocenters. The summed E-state index contributed by atoms with van der Waals surface area (Å²) in [6.45, 7) is 8.15. The third-order valence-electron chi connectivity index (χ3n) is 2.30. The predicted octanol–water partition coefficient (Wildman–Crippen LogP) is 1.81. The van der Waals surface area contributed by atoms with Crippen LogP contribution in [-0.2, 0) is 4.43 Å². The Bertz CT molecular complexity index is 108. The largest absolute Gasteiger partial charge is 0.422 e. The smallest absolute Gasteiger partial charge is 0.146 e. The van der Waals surface area contributed by atoms with Crippen molar-refractivity contribution in [3.05, 3.63) is 12.7 Å². The van der Waals surface area contributed by atoms with Crippen molar-refractivity contribution >= 4 is 10.5 Å². The minimum absolute atomic E-state index is 0.128. The lowest BCUT2D eigenvalue weighted by atomic mass is 9.91. The maximum absolute atomic E-state index is 5.64. The van der Waals surface area contributed by atoms with Gasteiger partial charge in [-0.15, -0.1) is 6.58 Å².